The molecule has 2 N–H and O–H groups in total. The summed E-state index contributed by atoms with van der Waals surface area (Å²) in [5, 5.41) is 0.633. The van der Waals surface area contributed by atoms with E-state index in [0.29, 0.717) is 23.7 Å². The van der Waals surface area contributed by atoms with Gasteiger partial charge >= 0.3 is 0 Å². The molecule has 4 heteroatoms. The van der Waals surface area contributed by atoms with Crippen LogP contribution in [0.15, 0.2) is 42.5 Å². The van der Waals surface area contributed by atoms with Gasteiger partial charge in [0.15, 0.2) is 0 Å². The van der Waals surface area contributed by atoms with Crippen LogP contribution in [0, 0.1) is 0 Å². The highest BCUT2D eigenvalue weighted by Crippen LogP contribution is 2.26. The Morgan fingerprint density at radius 1 is 1.05 bits per heavy atom. The van der Waals surface area contributed by atoms with Crippen LogP contribution >= 0.6 is 11.6 Å². The second kappa shape index (κ2) is 4.59. The van der Waals surface area contributed by atoms with E-state index in [-0.39, 0.29) is 5.91 Å². The van der Waals surface area contributed by atoms with Gasteiger partial charge in [-0.25, -0.2) is 0 Å². The number of hydrogen-bond donors (Lipinski definition) is 1. The fourth-order valence-electron chi connectivity index (χ4n) is 2.33. The summed E-state index contributed by atoms with van der Waals surface area (Å²) in [5.41, 5.74) is 9.45. The first-order valence-electron chi connectivity index (χ1n) is 6.05. The monoisotopic (exact) mass is 272 g/mol. The number of fused-ring (bicyclic) bond motifs is 1. The number of nitrogen functional groups attached to an aromatic ring is 1. The first-order valence-corrected chi connectivity index (χ1v) is 6.43. The maximum Gasteiger partial charge on any atom is 0.254 e. The lowest BCUT2D eigenvalue weighted by Gasteiger charge is -2.15. The van der Waals surface area contributed by atoms with E-state index in [1.54, 1.807) is 24.3 Å². The van der Waals surface area contributed by atoms with Gasteiger partial charge in [-0.1, -0.05) is 17.7 Å². The summed E-state index contributed by atoms with van der Waals surface area (Å²) < 4.78 is 0. The second-order valence-corrected chi connectivity index (χ2v) is 5.13. The van der Waals surface area contributed by atoms with E-state index in [2.05, 4.69) is 0 Å². The quantitative estimate of drug-likeness (QED) is 0.811. The van der Waals surface area contributed by atoms with E-state index < -0.39 is 0 Å². The van der Waals surface area contributed by atoms with Gasteiger partial charge in [-0.2, -0.15) is 0 Å². The van der Waals surface area contributed by atoms with E-state index >= 15 is 0 Å². The minimum Gasteiger partial charge on any atom is -0.399 e. The Balaban J connectivity index is 1.82. The van der Waals surface area contributed by atoms with Crippen molar-refractivity contribution in [3.8, 4) is 0 Å². The summed E-state index contributed by atoms with van der Waals surface area (Å²) in [6, 6.07) is 12.8. The topological polar surface area (TPSA) is 46.3 Å². The number of anilines is 1. The highest BCUT2D eigenvalue weighted by atomic mass is 35.5. The molecule has 19 heavy (non-hydrogen) atoms. The van der Waals surface area contributed by atoms with Crippen LogP contribution in [0.5, 0.6) is 0 Å². The molecule has 0 unspecified atom stereocenters. The number of nitrogens with zero attached hydrogens (tertiary/aromatic N) is 1. The first kappa shape index (κ1) is 12.1. The summed E-state index contributed by atoms with van der Waals surface area (Å²) >= 11 is 5.83. The first-order chi connectivity index (χ1) is 9.13. The van der Waals surface area contributed by atoms with Gasteiger partial charge in [0.05, 0.1) is 0 Å². The third kappa shape index (κ3) is 2.29. The molecule has 1 aliphatic rings. The lowest BCUT2D eigenvalue weighted by atomic mass is 10.1. The SMILES string of the molecule is Nc1ccc2c(c1)CN(C(=O)c1ccc(Cl)cc1)C2. The average Bonchev–Trinajstić information content (AvgIpc) is 2.81. The van der Waals surface area contributed by atoms with Crippen molar-refractivity contribution in [2.75, 3.05) is 5.73 Å². The molecular formula is C15H13ClN2O. The Morgan fingerprint density at radius 2 is 1.74 bits per heavy atom. The van der Waals surface area contributed by atoms with Crippen molar-refractivity contribution in [2.45, 2.75) is 13.1 Å². The van der Waals surface area contributed by atoms with Crippen molar-refractivity contribution in [3.05, 3.63) is 64.2 Å². The maximum absolute atomic E-state index is 12.4. The molecule has 3 rings (SSSR count). The van der Waals surface area contributed by atoms with E-state index in [0.717, 1.165) is 16.8 Å². The van der Waals surface area contributed by atoms with Gasteiger partial charge in [-0.3, -0.25) is 4.79 Å². The fourth-order valence-corrected chi connectivity index (χ4v) is 2.46. The van der Waals surface area contributed by atoms with Gasteiger partial charge in [-0.15, -0.1) is 0 Å². The van der Waals surface area contributed by atoms with Crippen molar-refractivity contribution >= 4 is 23.2 Å². The van der Waals surface area contributed by atoms with Crippen molar-refractivity contribution < 1.29 is 4.79 Å². The fraction of sp³-hybridized carbons (Fsp3) is 0.133. The van der Waals surface area contributed by atoms with Gasteiger partial charge in [0.25, 0.3) is 5.91 Å². The van der Waals surface area contributed by atoms with Gasteiger partial charge in [0, 0.05) is 29.4 Å². The minimum absolute atomic E-state index is 0.0199. The number of amides is 1. The Hall–Kier alpha value is -2.00. The molecule has 0 saturated heterocycles. The van der Waals surface area contributed by atoms with Crippen LogP contribution in [-0.4, -0.2) is 10.8 Å². The van der Waals surface area contributed by atoms with Crippen LogP contribution in [0.1, 0.15) is 21.5 Å². The Labute approximate surface area is 116 Å². The minimum atomic E-state index is 0.0199. The number of carbonyl (C=O) groups is 1. The largest absolute Gasteiger partial charge is 0.399 e. The Kier molecular flexibility index (Phi) is 2.91. The second-order valence-electron chi connectivity index (χ2n) is 4.70. The molecule has 96 valence electrons. The maximum atomic E-state index is 12.4. The van der Waals surface area contributed by atoms with Gasteiger partial charge in [0.1, 0.15) is 0 Å². The van der Waals surface area contributed by atoms with Crippen LogP contribution in [0.4, 0.5) is 5.69 Å². The molecule has 0 aliphatic carbocycles. The predicted molar refractivity (Wildman–Crippen MR) is 75.9 cm³/mol. The normalized spacial score (nSPS) is 13.4. The average molecular weight is 273 g/mol. The lowest BCUT2D eigenvalue weighted by molar-refractivity contribution is 0.0751. The van der Waals surface area contributed by atoms with E-state index in [1.807, 2.05) is 23.1 Å². The van der Waals surface area contributed by atoms with Crippen molar-refractivity contribution in [3.63, 3.8) is 0 Å². The summed E-state index contributed by atoms with van der Waals surface area (Å²) in [7, 11) is 0. The smallest absolute Gasteiger partial charge is 0.254 e. The zero-order chi connectivity index (χ0) is 13.4. The summed E-state index contributed by atoms with van der Waals surface area (Å²) in [6.07, 6.45) is 0. The number of benzene rings is 2. The molecule has 3 nitrogen and oxygen atoms in total. The Bertz CT molecular complexity index is 637. The molecule has 1 heterocycles. The molecule has 0 radical (unpaired) electrons. The van der Waals surface area contributed by atoms with Crippen LogP contribution < -0.4 is 5.73 Å². The molecule has 1 aliphatic heterocycles. The van der Waals surface area contributed by atoms with E-state index in [1.165, 1.54) is 0 Å². The molecule has 0 spiro atoms. The van der Waals surface area contributed by atoms with Crippen molar-refractivity contribution in [1.82, 2.24) is 4.90 Å². The molecular weight excluding hydrogens is 260 g/mol. The standard InChI is InChI=1S/C15H13ClN2O/c16-13-4-1-10(2-5-13)15(19)18-8-11-3-6-14(17)7-12(11)9-18/h1-7H,8-9,17H2. The molecule has 2 aromatic rings. The molecule has 2 aromatic carbocycles. The van der Waals surface area contributed by atoms with Gasteiger partial charge < -0.3 is 10.6 Å². The molecule has 0 atom stereocenters. The van der Waals surface area contributed by atoms with E-state index in [9.17, 15) is 4.79 Å². The number of hydrogen-bond acceptors (Lipinski definition) is 2. The van der Waals surface area contributed by atoms with Gasteiger partial charge in [-0.05, 0) is 47.5 Å². The number of halogens is 1. The zero-order valence-electron chi connectivity index (χ0n) is 10.3. The summed E-state index contributed by atoms with van der Waals surface area (Å²) in [6.45, 7) is 1.25. The highest BCUT2D eigenvalue weighted by molar-refractivity contribution is 6.30. The summed E-state index contributed by atoms with van der Waals surface area (Å²) in [5.74, 6) is 0.0199. The Morgan fingerprint density at radius 3 is 2.47 bits per heavy atom. The lowest BCUT2D eigenvalue weighted by Crippen LogP contribution is -2.25. The van der Waals surface area contributed by atoms with Crippen LogP contribution in [0.2, 0.25) is 5.02 Å². The molecule has 1 amide bonds. The summed E-state index contributed by atoms with van der Waals surface area (Å²) in [4.78, 5) is 14.2. The van der Waals surface area contributed by atoms with Gasteiger partial charge in [0.2, 0.25) is 0 Å². The molecule has 0 saturated carbocycles. The molecule has 0 aromatic heterocycles. The van der Waals surface area contributed by atoms with Crippen molar-refractivity contribution in [2.24, 2.45) is 0 Å². The zero-order valence-corrected chi connectivity index (χ0v) is 11.0. The van der Waals surface area contributed by atoms with Crippen molar-refractivity contribution in [1.29, 1.82) is 0 Å². The van der Waals surface area contributed by atoms with Crippen LogP contribution in [0.25, 0.3) is 0 Å². The number of nitrogens with two attached hydrogens (primary N) is 1. The predicted octanol–water partition coefficient (Wildman–Crippen LogP) is 3.08. The molecule has 0 fully saturated rings. The highest BCUT2D eigenvalue weighted by Gasteiger charge is 2.24. The third-order valence-electron chi connectivity index (χ3n) is 3.33. The number of rotatable bonds is 1. The van der Waals surface area contributed by atoms with Crippen LogP contribution in [0.3, 0.4) is 0 Å². The third-order valence-corrected chi connectivity index (χ3v) is 3.58. The number of carbonyl (C=O) groups excluding carboxylic acids is 1. The van der Waals surface area contributed by atoms with E-state index in [4.69, 9.17) is 17.3 Å². The molecule has 0 bridgehead atoms. The van der Waals surface area contributed by atoms with Crippen LogP contribution in [-0.2, 0) is 13.1 Å².